The smallest absolute Gasteiger partial charge is 0.410 e. The number of carbonyl (C=O) groups is 7. The molecule has 3 N–H and O–H groups in total. The van der Waals surface area contributed by atoms with Crippen molar-refractivity contribution in [2.75, 3.05) is 20.1 Å². The van der Waals surface area contributed by atoms with Crippen LogP contribution in [0.1, 0.15) is 70.4 Å². The molecular formula is C37H47FN6O12S. The first kappa shape index (κ1) is 41.4. The minimum atomic E-state index is -4.00. The number of hydrogen-bond donors (Lipinski definition) is 3. The molecule has 4 fully saturated rings. The largest absolute Gasteiger partial charge is 0.452 e. The fourth-order valence-corrected chi connectivity index (χ4v) is 8.63. The number of sulfonamides is 1. The molecule has 57 heavy (non-hydrogen) atoms. The molecule has 3 heterocycles. The van der Waals surface area contributed by atoms with Gasteiger partial charge in [0.05, 0.1) is 18.3 Å². The molecule has 0 bridgehead atoms. The number of hydrogen-bond acceptors (Lipinski definition) is 12. The molecule has 2 aliphatic carbocycles. The number of amides is 6. The highest BCUT2D eigenvalue weighted by molar-refractivity contribution is 7.91. The first-order valence-corrected chi connectivity index (χ1v) is 20.2. The van der Waals surface area contributed by atoms with Gasteiger partial charge in [-0.05, 0) is 51.7 Å². The van der Waals surface area contributed by atoms with E-state index < -0.39 is 111 Å². The number of halogens is 1. The van der Waals surface area contributed by atoms with Crippen LogP contribution in [0.4, 0.5) is 14.0 Å². The number of benzene rings is 1. The number of likely N-dealkylation sites (tertiary alicyclic amines) is 1. The molecule has 20 heteroatoms. The Labute approximate surface area is 328 Å². The predicted octanol–water partition coefficient (Wildman–Crippen LogP) is 0.974. The van der Waals surface area contributed by atoms with E-state index >= 15 is 0 Å². The molecule has 6 amide bonds. The average molecular weight is 819 g/mol. The second kappa shape index (κ2) is 15.6. The quantitative estimate of drug-likeness (QED) is 0.152. The number of carbonyl (C=O) groups excluding carboxylic acids is 7. The third-order valence-corrected chi connectivity index (χ3v) is 12.3. The lowest BCUT2D eigenvalue weighted by Crippen LogP contribution is -2.60. The Hall–Kier alpha value is -5.27. The highest BCUT2D eigenvalue weighted by Crippen LogP contribution is 2.45. The number of likely N-dealkylation sites (N-methyl/N-ethyl adjacent to an activating group) is 1. The van der Waals surface area contributed by atoms with Crippen LogP contribution in [-0.4, -0.2) is 126 Å². The number of nitrogens with one attached hydrogen (secondary N) is 3. The minimum absolute atomic E-state index is 0.0148. The van der Waals surface area contributed by atoms with Crippen LogP contribution >= 0.6 is 0 Å². The van der Waals surface area contributed by atoms with Crippen LogP contribution in [0.5, 0.6) is 0 Å². The zero-order valence-corrected chi connectivity index (χ0v) is 32.9. The first-order chi connectivity index (χ1) is 26.7. The Morgan fingerprint density at radius 1 is 1.14 bits per heavy atom. The first-order valence-electron chi connectivity index (χ1n) is 18.7. The summed E-state index contributed by atoms with van der Waals surface area (Å²) < 4.78 is 58.2. The molecule has 2 saturated carbocycles. The molecule has 1 aromatic rings. The number of nitrogens with zero attached hydrogens (tertiary/aromatic N) is 3. The summed E-state index contributed by atoms with van der Waals surface area (Å²) in [4.78, 5) is 97.1. The van der Waals surface area contributed by atoms with Gasteiger partial charge in [0.2, 0.25) is 21.8 Å². The van der Waals surface area contributed by atoms with E-state index in [2.05, 4.69) is 21.9 Å². The van der Waals surface area contributed by atoms with Crippen LogP contribution in [-0.2, 0) is 61.3 Å². The van der Waals surface area contributed by atoms with E-state index in [0.717, 1.165) is 9.80 Å². The minimum Gasteiger partial charge on any atom is -0.452 e. The van der Waals surface area contributed by atoms with Crippen molar-refractivity contribution >= 4 is 51.8 Å². The van der Waals surface area contributed by atoms with Gasteiger partial charge in [-0.2, -0.15) is 0 Å². The van der Waals surface area contributed by atoms with Gasteiger partial charge >= 0.3 is 18.2 Å². The lowest BCUT2D eigenvalue weighted by molar-refractivity contribution is -0.153. The third-order valence-electron chi connectivity index (χ3n) is 10.5. The van der Waals surface area contributed by atoms with Crippen LogP contribution in [0, 0.1) is 11.7 Å². The van der Waals surface area contributed by atoms with E-state index in [1.807, 2.05) is 0 Å². The van der Waals surface area contributed by atoms with Gasteiger partial charge in [0.25, 0.3) is 11.8 Å². The maximum absolute atomic E-state index is 14.6. The van der Waals surface area contributed by atoms with Crippen molar-refractivity contribution in [1.82, 2.24) is 30.1 Å². The zero-order chi connectivity index (χ0) is 41.6. The SMILES string of the molecule is C=C[C@@H]1C[C@]1(NC(=O)[C@@H]1C[C@@H](OC(=O)N2Cc3cccc(F)c3C2)CN1C(=O)[C@H](CN(C)C(=O)[C@H]1CCC(=O)O1)NC(=O)OC(C)(C)C)C(=O)NS(=O)(=O)C1CC1. The van der Waals surface area contributed by atoms with Crippen molar-refractivity contribution in [2.24, 2.45) is 5.92 Å². The third kappa shape index (κ3) is 9.15. The molecule has 3 aliphatic heterocycles. The van der Waals surface area contributed by atoms with Crippen LogP contribution in [0.3, 0.4) is 0 Å². The van der Waals surface area contributed by atoms with Gasteiger partial charge in [-0.15, -0.1) is 6.58 Å². The summed E-state index contributed by atoms with van der Waals surface area (Å²) in [5.41, 5.74) is -1.80. The highest BCUT2D eigenvalue weighted by atomic mass is 32.2. The summed E-state index contributed by atoms with van der Waals surface area (Å²) in [7, 11) is -2.67. The fraction of sp³-hybridized carbons (Fsp3) is 0.595. The Bertz CT molecular complexity index is 1990. The monoisotopic (exact) mass is 818 g/mol. The number of ether oxygens (including phenoxy) is 3. The number of cyclic esters (lactones) is 1. The van der Waals surface area contributed by atoms with Crippen molar-refractivity contribution in [3.05, 3.63) is 47.8 Å². The molecule has 6 rings (SSSR count). The molecule has 5 aliphatic rings. The summed E-state index contributed by atoms with van der Waals surface area (Å²) in [6.07, 6.45) is -2.09. The van der Waals surface area contributed by atoms with Gasteiger partial charge in [0, 0.05) is 50.9 Å². The van der Waals surface area contributed by atoms with E-state index in [9.17, 15) is 46.4 Å². The summed E-state index contributed by atoms with van der Waals surface area (Å²) >= 11 is 0. The van der Waals surface area contributed by atoms with Crippen LogP contribution in [0.2, 0.25) is 0 Å². The van der Waals surface area contributed by atoms with E-state index in [0.29, 0.717) is 24.0 Å². The van der Waals surface area contributed by atoms with E-state index in [1.54, 1.807) is 26.8 Å². The van der Waals surface area contributed by atoms with Crippen molar-refractivity contribution in [1.29, 1.82) is 0 Å². The molecule has 0 radical (unpaired) electrons. The lowest BCUT2D eigenvalue weighted by Gasteiger charge is -2.32. The van der Waals surface area contributed by atoms with Gasteiger partial charge in [0.1, 0.15) is 35.1 Å². The number of rotatable bonds is 12. The summed E-state index contributed by atoms with van der Waals surface area (Å²) in [6, 6.07) is 1.46. The molecule has 2 saturated heterocycles. The second-order valence-corrected chi connectivity index (χ2v) is 18.1. The maximum atomic E-state index is 14.6. The van der Waals surface area contributed by atoms with Crippen molar-refractivity contribution < 1.29 is 60.6 Å². The predicted molar refractivity (Wildman–Crippen MR) is 195 cm³/mol. The normalized spacial score (nSPS) is 25.7. The number of esters is 1. The summed E-state index contributed by atoms with van der Waals surface area (Å²) in [5, 5.41) is 4.38. The fourth-order valence-electron chi connectivity index (χ4n) is 7.27. The standard InChI is InChI=1S/C37H47FN6O12S/c1-6-21-15-37(21,33(49)41-57(52,53)23-10-11-23)40-30(46)27-14-22(54-35(51)43-16-20-8-7-9-25(38)24(20)18-43)17-44(27)31(47)26(39-34(50)56-36(2,3)4)19-42(5)32(48)28-12-13-29(45)55-28/h6-9,21-23,26-28H,1,10-19H2,2-5H3,(H,39,50)(H,40,46)(H,41,49)/t21-,22-,26+,27+,28-,37-/m1/s1. The summed E-state index contributed by atoms with van der Waals surface area (Å²) in [5.74, 6) is -5.11. The average Bonchev–Trinajstić information content (AvgIpc) is 3.95. The molecule has 0 spiro atoms. The Morgan fingerprint density at radius 3 is 2.46 bits per heavy atom. The molecule has 0 aromatic heterocycles. The molecule has 310 valence electrons. The number of alkyl carbamates (subject to hydrolysis) is 1. The Balaban J connectivity index is 1.25. The van der Waals surface area contributed by atoms with Crippen LogP contribution in [0.15, 0.2) is 30.9 Å². The number of fused-ring (bicyclic) bond motifs is 1. The van der Waals surface area contributed by atoms with E-state index in [-0.39, 0.29) is 45.3 Å². The zero-order valence-electron chi connectivity index (χ0n) is 32.1. The van der Waals surface area contributed by atoms with Gasteiger partial charge < -0.3 is 34.6 Å². The Kier molecular flexibility index (Phi) is 11.3. The molecular weight excluding hydrogens is 772 g/mol. The van der Waals surface area contributed by atoms with Gasteiger partial charge in [0.15, 0.2) is 6.10 Å². The van der Waals surface area contributed by atoms with Gasteiger partial charge in [-0.3, -0.25) is 33.6 Å². The van der Waals surface area contributed by atoms with Gasteiger partial charge in [-0.1, -0.05) is 18.2 Å². The molecule has 1 aromatic carbocycles. The van der Waals surface area contributed by atoms with E-state index in [4.69, 9.17) is 14.2 Å². The van der Waals surface area contributed by atoms with Gasteiger partial charge in [-0.25, -0.2) is 22.4 Å². The lowest BCUT2D eigenvalue weighted by atomic mass is 10.1. The molecule has 18 nitrogen and oxygen atoms in total. The van der Waals surface area contributed by atoms with Crippen LogP contribution in [0.25, 0.3) is 0 Å². The van der Waals surface area contributed by atoms with Crippen LogP contribution < -0.4 is 15.4 Å². The molecule has 0 unspecified atom stereocenters. The van der Waals surface area contributed by atoms with Crippen molar-refractivity contribution in [3.63, 3.8) is 0 Å². The topological polar surface area (TPSA) is 227 Å². The maximum Gasteiger partial charge on any atom is 0.410 e. The Morgan fingerprint density at radius 2 is 1.86 bits per heavy atom. The highest BCUT2D eigenvalue weighted by Gasteiger charge is 2.62. The second-order valence-electron chi connectivity index (χ2n) is 16.1. The molecule has 6 atom stereocenters. The van der Waals surface area contributed by atoms with E-state index in [1.165, 1.54) is 30.2 Å². The summed E-state index contributed by atoms with van der Waals surface area (Å²) in [6.45, 7) is 7.60. The van der Waals surface area contributed by atoms with Crippen molar-refractivity contribution in [2.45, 2.75) is 113 Å². The van der Waals surface area contributed by atoms with Crippen molar-refractivity contribution in [3.8, 4) is 0 Å².